The van der Waals surface area contributed by atoms with Gasteiger partial charge in [-0.3, -0.25) is 0 Å². The van der Waals surface area contributed by atoms with Crippen LogP contribution >= 0.6 is 0 Å². The summed E-state index contributed by atoms with van der Waals surface area (Å²) >= 11 is 0. The van der Waals surface area contributed by atoms with Gasteiger partial charge in [-0.15, -0.1) is 0 Å². The van der Waals surface area contributed by atoms with Crippen LogP contribution in [0.1, 0.15) is 52.0 Å². The Labute approximate surface area is 128 Å². The van der Waals surface area contributed by atoms with Crippen LogP contribution in [0.25, 0.3) is 0 Å². The van der Waals surface area contributed by atoms with Crippen LogP contribution in [-0.4, -0.2) is 18.7 Å². The molecule has 0 amide bonds. The zero-order valence-corrected chi connectivity index (χ0v) is 13.7. The predicted molar refractivity (Wildman–Crippen MR) is 85.3 cm³/mol. The molecule has 0 bridgehead atoms. The molecule has 0 spiro atoms. The minimum atomic E-state index is -0.174. The summed E-state index contributed by atoms with van der Waals surface area (Å²) in [7, 11) is 0. The summed E-state index contributed by atoms with van der Waals surface area (Å²) in [5.41, 5.74) is 0.949. The first-order chi connectivity index (χ1) is 9.91. The van der Waals surface area contributed by atoms with Crippen LogP contribution in [-0.2, 0) is 0 Å². The summed E-state index contributed by atoms with van der Waals surface area (Å²) in [5, 5.41) is 3.61. The smallest absolute Gasteiger partial charge is 0.126 e. The predicted octanol–water partition coefficient (Wildman–Crippen LogP) is 4.46. The van der Waals surface area contributed by atoms with E-state index in [1.54, 1.807) is 19.1 Å². The molecule has 1 N–H and O–H groups in total. The zero-order chi connectivity index (χ0) is 15.5. The van der Waals surface area contributed by atoms with Crippen LogP contribution in [0.15, 0.2) is 18.2 Å². The van der Waals surface area contributed by atoms with E-state index in [0.29, 0.717) is 17.0 Å². The second kappa shape index (κ2) is 6.78. The van der Waals surface area contributed by atoms with E-state index in [-0.39, 0.29) is 11.9 Å². The van der Waals surface area contributed by atoms with Gasteiger partial charge in [-0.1, -0.05) is 20.8 Å². The van der Waals surface area contributed by atoms with Crippen molar-refractivity contribution >= 4 is 0 Å². The lowest BCUT2D eigenvalue weighted by atomic mass is 9.74. The van der Waals surface area contributed by atoms with Crippen LogP contribution in [0, 0.1) is 18.2 Å². The highest BCUT2D eigenvalue weighted by Crippen LogP contribution is 2.37. The molecule has 1 aliphatic carbocycles. The number of rotatable bonds is 5. The van der Waals surface area contributed by atoms with E-state index in [2.05, 4.69) is 26.1 Å². The van der Waals surface area contributed by atoms with E-state index in [0.717, 1.165) is 31.6 Å². The van der Waals surface area contributed by atoms with Crippen molar-refractivity contribution in [3.8, 4) is 5.75 Å². The van der Waals surface area contributed by atoms with E-state index in [4.69, 9.17) is 4.74 Å². The van der Waals surface area contributed by atoms with Crippen LogP contribution in [0.5, 0.6) is 5.75 Å². The summed E-state index contributed by atoms with van der Waals surface area (Å²) < 4.78 is 19.6. The first-order valence-corrected chi connectivity index (χ1v) is 8.07. The number of aryl methyl sites for hydroxylation is 1. The number of hydrogen-bond acceptors (Lipinski definition) is 2. The average molecular weight is 293 g/mol. The second-order valence-corrected chi connectivity index (χ2v) is 7.03. The SMILES string of the molecule is CCCNC1CCC(C)(C)CC1Oc1ccc(F)c(C)c1. The van der Waals surface area contributed by atoms with E-state index < -0.39 is 0 Å². The van der Waals surface area contributed by atoms with Crippen LogP contribution in [0.2, 0.25) is 0 Å². The summed E-state index contributed by atoms with van der Waals surface area (Å²) in [6, 6.07) is 5.42. The van der Waals surface area contributed by atoms with Gasteiger partial charge in [0, 0.05) is 6.04 Å². The van der Waals surface area contributed by atoms with Crippen LogP contribution in [0.4, 0.5) is 4.39 Å². The summed E-state index contributed by atoms with van der Waals surface area (Å²) in [6.07, 6.45) is 4.67. The van der Waals surface area contributed by atoms with Gasteiger partial charge in [0.15, 0.2) is 0 Å². The van der Waals surface area contributed by atoms with Crippen LogP contribution in [0.3, 0.4) is 0 Å². The fraction of sp³-hybridized carbons (Fsp3) is 0.667. The van der Waals surface area contributed by atoms with E-state index in [9.17, 15) is 4.39 Å². The Morgan fingerprint density at radius 3 is 2.81 bits per heavy atom. The number of hydrogen-bond donors (Lipinski definition) is 1. The molecule has 3 heteroatoms. The van der Waals surface area contributed by atoms with Gasteiger partial charge in [-0.25, -0.2) is 4.39 Å². The molecule has 0 saturated heterocycles. The molecule has 1 saturated carbocycles. The van der Waals surface area contributed by atoms with Crippen LogP contribution < -0.4 is 10.1 Å². The Kier molecular flexibility index (Phi) is 5.26. The molecule has 21 heavy (non-hydrogen) atoms. The van der Waals surface area contributed by atoms with E-state index >= 15 is 0 Å². The minimum absolute atomic E-state index is 0.158. The van der Waals surface area contributed by atoms with E-state index in [1.165, 1.54) is 12.5 Å². The lowest BCUT2D eigenvalue weighted by Crippen LogP contribution is -2.49. The molecule has 0 heterocycles. The molecule has 0 aliphatic heterocycles. The molecular formula is C18H28FNO. The molecule has 118 valence electrons. The van der Waals surface area contributed by atoms with Gasteiger partial charge in [-0.2, -0.15) is 0 Å². The fourth-order valence-electron chi connectivity index (χ4n) is 3.07. The van der Waals surface area contributed by atoms with Gasteiger partial charge < -0.3 is 10.1 Å². The van der Waals surface area contributed by atoms with Crippen molar-refractivity contribution in [1.82, 2.24) is 5.32 Å². The van der Waals surface area contributed by atoms with Crippen molar-refractivity contribution in [3.63, 3.8) is 0 Å². The number of ether oxygens (including phenoxy) is 1. The van der Waals surface area contributed by atoms with Gasteiger partial charge >= 0.3 is 0 Å². The third kappa shape index (κ3) is 4.44. The largest absolute Gasteiger partial charge is 0.489 e. The fourth-order valence-corrected chi connectivity index (χ4v) is 3.07. The Hall–Kier alpha value is -1.09. The molecule has 1 aliphatic rings. The molecule has 2 nitrogen and oxygen atoms in total. The summed E-state index contributed by atoms with van der Waals surface area (Å²) in [5.74, 6) is 0.604. The first-order valence-electron chi connectivity index (χ1n) is 8.07. The van der Waals surface area contributed by atoms with Gasteiger partial charge in [0.25, 0.3) is 0 Å². The van der Waals surface area contributed by atoms with Crippen molar-refractivity contribution in [3.05, 3.63) is 29.6 Å². The molecule has 0 radical (unpaired) electrons. The Morgan fingerprint density at radius 1 is 1.38 bits per heavy atom. The lowest BCUT2D eigenvalue weighted by molar-refractivity contribution is 0.0530. The highest BCUT2D eigenvalue weighted by molar-refractivity contribution is 5.29. The Morgan fingerprint density at radius 2 is 2.14 bits per heavy atom. The molecular weight excluding hydrogens is 265 g/mol. The third-order valence-corrected chi connectivity index (χ3v) is 4.41. The van der Waals surface area contributed by atoms with Crippen molar-refractivity contribution in [2.24, 2.45) is 5.41 Å². The number of nitrogens with one attached hydrogen (secondary N) is 1. The highest BCUT2D eigenvalue weighted by atomic mass is 19.1. The standard InChI is InChI=1S/C18H28FNO/c1-5-10-20-16-8-9-18(3,4)12-17(16)21-14-6-7-15(19)13(2)11-14/h6-7,11,16-17,20H,5,8-10,12H2,1-4H3. The molecule has 0 aromatic heterocycles. The van der Waals surface area contributed by atoms with Gasteiger partial charge in [-0.05, 0) is 68.3 Å². The maximum Gasteiger partial charge on any atom is 0.126 e. The van der Waals surface area contributed by atoms with Gasteiger partial charge in [0.05, 0.1) is 0 Å². The zero-order valence-electron chi connectivity index (χ0n) is 13.7. The molecule has 1 aromatic rings. The lowest BCUT2D eigenvalue weighted by Gasteiger charge is -2.41. The quantitative estimate of drug-likeness (QED) is 0.865. The second-order valence-electron chi connectivity index (χ2n) is 7.03. The summed E-state index contributed by atoms with van der Waals surface area (Å²) in [4.78, 5) is 0. The van der Waals surface area contributed by atoms with Gasteiger partial charge in [0.1, 0.15) is 17.7 Å². The molecule has 1 fully saturated rings. The Bertz CT molecular complexity index is 472. The first kappa shape index (κ1) is 16.3. The maximum absolute atomic E-state index is 13.4. The average Bonchev–Trinajstić information content (AvgIpc) is 2.41. The summed E-state index contributed by atoms with van der Waals surface area (Å²) in [6.45, 7) is 9.58. The van der Waals surface area contributed by atoms with E-state index in [1.807, 2.05) is 0 Å². The third-order valence-electron chi connectivity index (χ3n) is 4.41. The minimum Gasteiger partial charge on any atom is -0.489 e. The van der Waals surface area contributed by atoms with Gasteiger partial charge in [0.2, 0.25) is 0 Å². The topological polar surface area (TPSA) is 21.3 Å². The highest BCUT2D eigenvalue weighted by Gasteiger charge is 2.36. The maximum atomic E-state index is 13.4. The Balaban J connectivity index is 2.09. The molecule has 2 atom stereocenters. The normalized spacial score (nSPS) is 24.8. The molecule has 2 rings (SSSR count). The molecule has 1 aromatic carbocycles. The van der Waals surface area contributed by atoms with Crippen molar-refractivity contribution in [2.45, 2.75) is 65.5 Å². The molecule has 2 unspecified atom stereocenters. The monoisotopic (exact) mass is 293 g/mol. The number of halogens is 1. The van der Waals surface area contributed by atoms with Crippen molar-refractivity contribution < 1.29 is 9.13 Å². The van der Waals surface area contributed by atoms with Crippen molar-refractivity contribution in [1.29, 1.82) is 0 Å². The number of benzene rings is 1. The van der Waals surface area contributed by atoms with Crippen molar-refractivity contribution in [2.75, 3.05) is 6.54 Å².